The zero-order valence-corrected chi connectivity index (χ0v) is 12.2. The maximum absolute atomic E-state index is 13.5. The number of carbonyl (C=O) groups excluding carboxylic acids is 1. The second kappa shape index (κ2) is 6.42. The lowest BCUT2D eigenvalue weighted by Crippen LogP contribution is -2.15. The minimum atomic E-state index is -0.516. The predicted molar refractivity (Wildman–Crippen MR) is 78.2 cm³/mol. The maximum Gasteiger partial charge on any atom is 0.275 e. The molecule has 2 rings (SSSR count). The highest BCUT2D eigenvalue weighted by molar-refractivity contribution is 9.10. The van der Waals surface area contributed by atoms with Crippen LogP contribution in [0.1, 0.15) is 17.4 Å². The van der Waals surface area contributed by atoms with E-state index in [1.54, 1.807) is 6.07 Å². The number of benzene rings is 1. The van der Waals surface area contributed by atoms with Gasteiger partial charge in [0.2, 0.25) is 0 Å². The first-order chi connectivity index (χ1) is 9.60. The summed E-state index contributed by atoms with van der Waals surface area (Å²) in [5.41, 5.74) is 0.202. The molecule has 1 amide bonds. The van der Waals surface area contributed by atoms with Gasteiger partial charge in [-0.25, -0.2) is 14.4 Å². The fraction of sp³-hybridized carbons (Fsp3) is 0.154. The zero-order valence-electron chi connectivity index (χ0n) is 10.7. The highest BCUT2D eigenvalue weighted by Gasteiger charge is 2.11. The first kappa shape index (κ1) is 14.4. The molecule has 2 N–H and O–H groups in total. The van der Waals surface area contributed by atoms with Crippen LogP contribution in [0.4, 0.5) is 15.9 Å². The molecule has 104 valence electrons. The minimum absolute atomic E-state index is 0.0851. The smallest absolute Gasteiger partial charge is 0.275 e. The SMILES string of the molecule is CCNc1cnc(C(=O)Nc2cc(Br)ccc2F)cn1. The summed E-state index contributed by atoms with van der Waals surface area (Å²) >= 11 is 3.22. The van der Waals surface area contributed by atoms with Crippen molar-refractivity contribution in [2.24, 2.45) is 0 Å². The van der Waals surface area contributed by atoms with E-state index in [1.807, 2.05) is 6.92 Å². The van der Waals surface area contributed by atoms with Crippen LogP contribution < -0.4 is 10.6 Å². The average Bonchev–Trinajstić information content (AvgIpc) is 2.44. The van der Waals surface area contributed by atoms with Gasteiger partial charge in [-0.3, -0.25) is 4.79 Å². The van der Waals surface area contributed by atoms with Gasteiger partial charge in [0.15, 0.2) is 0 Å². The zero-order chi connectivity index (χ0) is 14.5. The van der Waals surface area contributed by atoms with Crippen molar-refractivity contribution < 1.29 is 9.18 Å². The summed E-state index contributed by atoms with van der Waals surface area (Å²) in [4.78, 5) is 19.9. The molecular formula is C13H12BrFN4O. The van der Waals surface area contributed by atoms with Crippen molar-refractivity contribution in [1.82, 2.24) is 9.97 Å². The van der Waals surface area contributed by atoms with Gasteiger partial charge in [0.05, 0.1) is 18.1 Å². The largest absolute Gasteiger partial charge is 0.369 e. The molecule has 0 spiro atoms. The minimum Gasteiger partial charge on any atom is -0.369 e. The van der Waals surface area contributed by atoms with Crippen molar-refractivity contribution >= 4 is 33.3 Å². The first-order valence-corrected chi connectivity index (χ1v) is 6.71. The summed E-state index contributed by atoms with van der Waals surface area (Å²) in [6, 6.07) is 4.29. The van der Waals surface area contributed by atoms with Crippen molar-refractivity contribution in [3.05, 3.63) is 46.6 Å². The first-order valence-electron chi connectivity index (χ1n) is 5.92. The molecule has 5 nitrogen and oxygen atoms in total. The van der Waals surface area contributed by atoms with Crippen LogP contribution in [0.15, 0.2) is 35.1 Å². The normalized spacial score (nSPS) is 10.2. The van der Waals surface area contributed by atoms with E-state index in [9.17, 15) is 9.18 Å². The van der Waals surface area contributed by atoms with Crippen LogP contribution in [-0.2, 0) is 0 Å². The maximum atomic E-state index is 13.5. The average molecular weight is 339 g/mol. The third-order valence-corrected chi connectivity index (χ3v) is 2.91. The second-order valence-corrected chi connectivity index (χ2v) is 4.81. The number of anilines is 2. The lowest BCUT2D eigenvalue weighted by molar-refractivity contribution is 0.102. The highest BCUT2D eigenvalue weighted by Crippen LogP contribution is 2.20. The summed E-state index contributed by atoms with van der Waals surface area (Å²) in [5, 5.41) is 5.42. The molecule has 0 saturated carbocycles. The highest BCUT2D eigenvalue weighted by atomic mass is 79.9. The van der Waals surface area contributed by atoms with Crippen molar-refractivity contribution in [2.75, 3.05) is 17.2 Å². The molecule has 0 saturated heterocycles. The van der Waals surface area contributed by atoms with Crippen LogP contribution in [-0.4, -0.2) is 22.4 Å². The van der Waals surface area contributed by atoms with Crippen LogP contribution in [0.25, 0.3) is 0 Å². The summed E-state index contributed by atoms with van der Waals surface area (Å²) in [7, 11) is 0. The lowest BCUT2D eigenvalue weighted by atomic mass is 10.3. The molecule has 0 radical (unpaired) electrons. The quantitative estimate of drug-likeness (QED) is 0.898. The Bertz CT molecular complexity index is 618. The molecule has 1 aromatic carbocycles. The van der Waals surface area contributed by atoms with E-state index < -0.39 is 11.7 Å². The van der Waals surface area contributed by atoms with E-state index in [1.165, 1.54) is 24.5 Å². The Morgan fingerprint density at radius 2 is 2.15 bits per heavy atom. The van der Waals surface area contributed by atoms with E-state index in [0.717, 1.165) is 0 Å². The van der Waals surface area contributed by atoms with Crippen molar-refractivity contribution in [1.29, 1.82) is 0 Å². The fourth-order valence-corrected chi connectivity index (χ4v) is 1.86. The lowest BCUT2D eigenvalue weighted by Gasteiger charge is -2.07. The van der Waals surface area contributed by atoms with Gasteiger partial charge in [-0.2, -0.15) is 0 Å². The van der Waals surface area contributed by atoms with E-state index in [0.29, 0.717) is 16.8 Å². The second-order valence-electron chi connectivity index (χ2n) is 3.90. The number of halogens is 2. The molecule has 0 fully saturated rings. The van der Waals surface area contributed by atoms with Crippen molar-refractivity contribution in [3.8, 4) is 0 Å². The topological polar surface area (TPSA) is 66.9 Å². The Balaban J connectivity index is 2.13. The molecule has 0 aliphatic heterocycles. The number of nitrogens with one attached hydrogen (secondary N) is 2. The van der Waals surface area contributed by atoms with Gasteiger partial charge in [-0.15, -0.1) is 0 Å². The fourth-order valence-electron chi connectivity index (χ4n) is 1.50. The van der Waals surface area contributed by atoms with E-state index in [-0.39, 0.29) is 11.4 Å². The molecule has 7 heteroatoms. The number of carbonyl (C=O) groups is 1. The summed E-state index contributed by atoms with van der Waals surface area (Å²) in [5.74, 6) is -0.450. The number of rotatable bonds is 4. The number of hydrogen-bond acceptors (Lipinski definition) is 4. The molecule has 0 atom stereocenters. The molecule has 2 aromatic rings. The molecule has 0 aliphatic carbocycles. The van der Waals surface area contributed by atoms with Crippen LogP contribution in [0.5, 0.6) is 0 Å². The third-order valence-electron chi connectivity index (χ3n) is 2.42. The van der Waals surface area contributed by atoms with Gasteiger partial charge in [0, 0.05) is 11.0 Å². The number of aromatic nitrogens is 2. The van der Waals surface area contributed by atoms with Gasteiger partial charge in [-0.1, -0.05) is 15.9 Å². The number of hydrogen-bond donors (Lipinski definition) is 2. The third kappa shape index (κ3) is 3.51. The summed E-state index contributed by atoms with van der Waals surface area (Å²) < 4.78 is 14.2. The van der Waals surface area contributed by atoms with Gasteiger partial charge in [0.25, 0.3) is 5.91 Å². The van der Waals surface area contributed by atoms with Crippen LogP contribution in [0.3, 0.4) is 0 Å². The standard InChI is InChI=1S/C13H12BrFN4O/c1-2-16-12-7-17-11(6-18-12)13(20)19-10-5-8(14)3-4-9(10)15/h3-7H,2H2,1H3,(H,16,18)(H,19,20). The molecule has 1 heterocycles. The molecule has 0 bridgehead atoms. The van der Waals surface area contributed by atoms with Gasteiger partial charge >= 0.3 is 0 Å². The molecular weight excluding hydrogens is 327 g/mol. The van der Waals surface area contributed by atoms with Crippen LogP contribution in [0, 0.1) is 5.82 Å². The van der Waals surface area contributed by atoms with Gasteiger partial charge in [-0.05, 0) is 25.1 Å². The Hall–Kier alpha value is -2.02. The van der Waals surface area contributed by atoms with Crippen LogP contribution >= 0.6 is 15.9 Å². The van der Waals surface area contributed by atoms with E-state index in [2.05, 4.69) is 36.5 Å². The predicted octanol–water partition coefficient (Wildman–Crippen LogP) is 3.06. The van der Waals surface area contributed by atoms with Gasteiger partial charge < -0.3 is 10.6 Å². The monoisotopic (exact) mass is 338 g/mol. The van der Waals surface area contributed by atoms with Crippen LogP contribution in [0.2, 0.25) is 0 Å². The van der Waals surface area contributed by atoms with Crippen molar-refractivity contribution in [2.45, 2.75) is 6.92 Å². The molecule has 0 aliphatic rings. The molecule has 20 heavy (non-hydrogen) atoms. The Morgan fingerprint density at radius 3 is 2.80 bits per heavy atom. The number of amides is 1. The van der Waals surface area contributed by atoms with Crippen molar-refractivity contribution in [3.63, 3.8) is 0 Å². The Labute approximate surface area is 123 Å². The van der Waals surface area contributed by atoms with Gasteiger partial charge in [0.1, 0.15) is 17.3 Å². The molecule has 1 aromatic heterocycles. The summed E-state index contributed by atoms with van der Waals surface area (Å²) in [6.07, 6.45) is 2.79. The van der Waals surface area contributed by atoms with E-state index in [4.69, 9.17) is 0 Å². The Morgan fingerprint density at radius 1 is 1.35 bits per heavy atom. The van der Waals surface area contributed by atoms with E-state index >= 15 is 0 Å². The Kier molecular flexibility index (Phi) is 4.62. The number of nitrogens with zero attached hydrogens (tertiary/aromatic N) is 2. The molecule has 0 unspecified atom stereocenters. The summed E-state index contributed by atoms with van der Waals surface area (Å²) in [6.45, 7) is 2.64.